The maximum absolute atomic E-state index is 11.0. The lowest BCUT2D eigenvalue weighted by Crippen LogP contribution is -2.47. The number of hydrazine groups is 1. The number of carbonyl (C=O) groups is 1. The van der Waals surface area contributed by atoms with Gasteiger partial charge in [0.2, 0.25) is 0 Å². The lowest BCUT2D eigenvalue weighted by atomic mass is 10.5. The van der Waals surface area contributed by atoms with Crippen molar-refractivity contribution in [1.82, 2.24) is 10.4 Å². The molecule has 1 aliphatic rings. The number of allylic oxidation sites excluding steroid dienone is 1. The van der Waals surface area contributed by atoms with Gasteiger partial charge in [0.15, 0.2) is 0 Å². The van der Waals surface area contributed by atoms with Gasteiger partial charge in [0.25, 0.3) is 5.91 Å². The van der Waals surface area contributed by atoms with Crippen LogP contribution in [0.25, 0.3) is 0 Å². The summed E-state index contributed by atoms with van der Waals surface area (Å²) in [4.78, 5) is 11.0. The van der Waals surface area contributed by atoms with E-state index in [0.29, 0.717) is 13.2 Å². The lowest BCUT2D eigenvalue weighted by Gasteiger charge is -2.26. The Labute approximate surface area is 72.2 Å². The molecule has 0 unspecified atom stereocenters. The largest absolute Gasteiger partial charge is 0.379 e. The van der Waals surface area contributed by atoms with E-state index in [-0.39, 0.29) is 5.91 Å². The number of nitrogens with zero attached hydrogens (tertiary/aromatic N) is 1. The Morgan fingerprint density at radius 2 is 2.17 bits per heavy atom. The van der Waals surface area contributed by atoms with E-state index in [2.05, 4.69) is 5.43 Å². The lowest BCUT2D eigenvalue weighted by molar-refractivity contribution is -0.123. The first-order chi connectivity index (χ1) is 5.83. The minimum atomic E-state index is -0.0700. The molecule has 1 aliphatic heterocycles. The molecule has 0 aromatic carbocycles. The Morgan fingerprint density at radius 3 is 2.75 bits per heavy atom. The normalized spacial score (nSPS) is 19.8. The van der Waals surface area contributed by atoms with E-state index in [9.17, 15) is 4.79 Å². The molecular weight excluding hydrogens is 156 g/mol. The van der Waals surface area contributed by atoms with Crippen LogP contribution in [0, 0.1) is 0 Å². The third kappa shape index (κ3) is 3.02. The highest BCUT2D eigenvalue weighted by Crippen LogP contribution is 1.91. The van der Waals surface area contributed by atoms with Crippen LogP contribution in [0.5, 0.6) is 0 Å². The predicted molar refractivity (Wildman–Crippen MR) is 45.3 cm³/mol. The highest BCUT2D eigenvalue weighted by Gasteiger charge is 2.10. The summed E-state index contributed by atoms with van der Waals surface area (Å²) >= 11 is 0. The highest BCUT2D eigenvalue weighted by atomic mass is 16.5. The van der Waals surface area contributed by atoms with Gasteiger partial charge in [-0.2, -0.15) is 0 Å². The van der Waals surface area contributed by atoms with Crippen LogP contribution in [0.15, 0.2) is 12.2 Å². The maximum Gasteiger partial charge on any atom is 0.257 e. The molecular formula is C8H14N2O2. The average molecular weight is 170 g/mol. The zero-order chi connectivity index (χ0) is 8.81. The van der Waals surface area contributed by atoms with Gasteiger partial charge in [-0.05, 0) is 13.0 Å². The van der Waals surface area contributed by atoms with Gasteiger partial charge >= 0.3 is 0 Å². The Kier molecular flexibility index (Phi) is 3.76. The second-order valence-corrected chi connectivity index (χ2v) is 2.58. The fourth-order valence-electron chi connectivity index (χ4n) is 1.02. The molecule has 12 heavy (non-hydrogen) atoms. The fraction of sp³-hybridized carbons (Fsp3) is 0.625. The van der Waals surface area contributed by atoms with Crippen LogP contribution in [0.1, 0.15) is 6.92 Å². The molecule has 68 valence electrons. The summed E-state index contributed by atoms with van der Waals surface area (Å²) in [6, 6.07) is 0. The zero-order valence-electron chi connectivity index (χ0n) is 7.25. The Hall–Kier alpha value is -0.870. The smallest absolute Gasteiger partial charge is 0.257 e. The first kappa shape index (κ1) is 9.22. The molecule has 0 spiro atoms. The second kappa shape index (κ2) is 4.90. The number of ether oxygens (including phenoxy) is 1. The molecule has 0 radical (unpaired) electrons. The molecule has 0 atom stereocenters. The van der Waals surface area contributed by atoms with E-state index in [0.717, 1.165) is 13.1 Å². The summed E-state index contributed by atoms with van der Waals surface area (Å²) in [6.45, 7) is 4.73. The van der Waals surface area contributed by atoms with Gasteiger partial charge in [-0.15, -0.1) is 0 Å². The molecule has 4 nitrogen and oxygen atoms in total. The molecule has 0 aliphatic carbocycles. The van der Waals surface area contributed by atoms with Gasteiger partial charge in [0.1, 0.15) is 0 Å². The van der Waals surface area contributed by atoms with Gasteiger partial charge in [0, 0.05) is 13.1 Å². The van der Waals surface area contributed by atoms with Crippen molar-refractivity contribution in [3.05, 3.63) is 12.2 Å². The Morgan fingerprint density at radius 1 is 1.50 bits per heavy atom. The van der Waals surface area contributed by atoms with Crippen LogP contribution in [0.3, 0.4) is 0 Å². The van der Waals surface area contributed by atoms with Crippen molar-refractivity contribution in [3.8, 4) is 0 Å². The fourth-order valence-corrected chi connectivity index (χ4v) is 1.02. The maximum atomic E-state index is 11.0. The van der Waals surface area contributed by atoms with E-state index >= 15 is 0 Å². The van der Waals surface area contributed by atoms with E-state index < -0.39 is 0 Å². The van der Waals surface area contributed by atoms with E-state index in [4.69, 9.17) is 4.74 Å². The summed E-state index contributed by atoms with van der Waals surface area (Å²) in [5.41, 5.74) is 2.75. The Bertz CT molecular complexity index is 174. The third-order valence-electron chi connectivity index (χ3n) is 1.60. The average Bonchev–Trinajstić information content (AvgIpc) is 2.06. The minimum absolute atomic E-state index is 0.0700. The molecule has 1 saturated heterocycles. The number of nitrogens with one attached hydrogen (secondary N) is 1. The number of amides is 1. The van der Waals surface area contributed by atoms with E-state index in [1.54, 1.807) is 6.08 Å². The number of hydrogen-bond acceptors (Lipinski definition) is 3. The quantitative estimate of drug-likeness (QED) is 0.590. The molecule has 1 rings (SSSR count). The van der Waals surface area contributed by atoms with Crippen molar-refractivity contribution < 1.29 is 9.53 Å². The van der Waals surface area contributed by atoms with E-state index in [1.807, 2.05) is 11.9 Å². The van der Waals surface area contributed by atoms with Crippen molar-refractivity contribution in [1.29, 1.82) is 0 Å². The topological polar surface area (TPSA) is 41.6 Å². The second-order valence-electron chi connectivity index (χ2n) is 2.58. The molecule has 0 bridgehead atoms. The SMILES string of the molecule is C/C=C/C(=O)NN1CCOCC1. The molecule has 1 N–H and O–H groups in total. The van der Waals surface area contributed by atoms with Gasteiger partial charge in [-0.3, -0.25) is 10.2 Å². The van der Waals surface area contributed by atoms with Gasteiger partial charge in [-0.25, -0.2) is 5.01 Å². The molecule has 4 heteroatoms. The molecule has 1 amide bonds. The summed E-state index contributed by atoms with van der Waals surface area (Å²) in [5.74, 6) is -0.0700. The van der Waals surface area contributed by atoms with Crippen LogP contribution in [-0.4, -0.2) is 37.2 Å². The van der Waals surface area contributed by atoms with Crippen LogP contribution in [0.4, 0.5) is 0 Å². The van der Waals surface area contributed by atoms with Crippen LogP contribution < -0.4 is 5.43 Å². The molecule has 0 aromatic rings. The standard InChI is InChI=1S/C8H14N2O2/c1-2-3-8(11)9-10-4-6-12-7-5-10/h2-3H,4-7H2,1H3,(H,9,11)/b3-2+. The summed E-state index contributed by atoms with van der Waals surface area (Å²) in [6.07, 6.45) is 3.23. The molecule has 0 saturated carbocycles. The van der Waals surface area contributed by atoms with Crippen molar-refractivity contribution in [2.24, 2.45) is 0 Å². The number of carbonyl (C=O) groups excluding carboxylic acids is 1. The number of rotatable bonds is 2. The van der Waals surface area contributed by atoms with Gasteiger partial charge in [0.05, 0.1) is 13.2 Å². The van der Waals surface area contributed by atoms with Crippen molar-refractivity contribution in [3.63, 3.8) is 0 Å². The summed E-state index contributed by atoms with van der Waals surface area (Å²) in [5, 5.41) is 1.87. The molecule has 1 fully saturated rings. The van der Waals surface area contributed by atoms with Crippen molar-refractivity contribution >= 4 is 5.91 Å². The first-order valence-corrected chi connectivity index (χ1v) is 4.09. The first-order valence-electron chi connectivity index (χ1n) is 4.09. The van der Waals surface area contributed by atoms with Crippen molar-refractivity contribution in [2.75, 3.05) is 26.3 Å². The van der Waals surface area contributed by atoms with Crippen LogP contribution in [-0.2, 0) is 9.53 Å². The predicted octanol–water partition coefficient (Wildman–Crippen LogP) is -0.0741. The molecule has 0 aromatic heterocycles. The molecule has 1 heterocycles. The monoisotopic (exact) mass is 170 g/mol. The van der Waals surface area contributed by atoms with Gasteiger partial charge < -0.3 is 4.74 Å². The third-order valence-corrected chi connectivity index (χ3v) is 1.60. The van der Waals surface area contributed by atoms with Crippen LogP contribution >= 0.6 is 0 Å². The van der Waals surface area contributed by atoms with Gasteiger partial charge in [-0.1, -0.05) is 6.08 Å². The zero-order valence-corrected chi connectivity index (χ0v) is 7.25. The summed E-state index contributed by atoms with van der Waals surface area (Å²) in [7, 11) is 0. The van der Waals surface area contributed by atoms with Crippen LogP contribution in [0.2, 0.25) is 0 Å². The summed E-state index contributed by atoms with van der Waals surface area (Å²) < 4.78 is 5.13. The highest BCUT2D eigenvalue weighted by molar-refractivity contribution is 5.86. The van der Waals surface area contributed by atoms with E-state index in [1.165, 1.54) is 6.08 Å². The minimum Gasteiger partial charge on any atom is -0.379 e. The number of hydrogen-bond donors (Lipinski definition) is 1. The number of morpholine rings is 1. The van der Waals surface area contributed by atoms with Crippen molar-refractivity contribution in [2.45, 2.75) is 6.92 Å². The Balaban J connectivity index is 2.24.